The van der Waals surface area contributed by atoms with Crippen molar-refractivity contribution in [2.45, 2.75) is 0 Å². The van der Waals surface area contributed by atoms with Crippen LogP contribution in [0.5, 0.6) is 0 Å². The maximum Gasteiger partial charge on any atom is 0.128 e. The highest BCUT2D eigenvalue weighted by molar-refractivity contribution is 9.10. The van der Waals surface area contributed by atoms with Gasteiger partial charge in [-0.1, -0.05) is 0 Å². The van der Waals surface area contributed by atoms with Gasteiger partial charge in [0.05, 0.1) is 11.9 Å². The number of hydrogen-bond acceptors (Lipinski definition) is 4. The first kappa shape index (κ1) is 12.4. The molecule has 0 aromatic carbocycles. The van der Waals surface area contributed by atoms with Crippen LogP contribution in [0.3, 0.4) is 0 Å². The second-order valence-electron chi connectivity index (χ2n) is 4.52. The Morgan fingerprint density at radius 1 is 0.947 bits per heavy atom. The van der Waals surface area contributed by atoms with Crippen molar-refractivity contribution < 1.29 is 0 Å². The molecule has 3 rings (SSSR count). The number of anilines is 2. The molecule has 5 heteroatoms. The quantitative estimate of drug-likeness (QED) is 0.852. The van der Waals surface area contributed by atoms with Crippen molar-refractivity contribution in [2.24, 2.45) is 0 Å². The van der Waals surface area contributed by atoms with Crippen LogP contribution in [0, 0.1) is 0 Å². The van der Waals surface area contributed by atoms with Gasteiger partial charge < -0.3 is 9.80 Å². The zero-order chi connectivity index (χ0) is 13.1. The zero-order valence-electron chi connectivity index (χ0n) is 10.5. The molecule has 1 fully saturated rings. The van der Waals surface area contributed by atoms with E-state index >= 15 is 0 Å². The highest BCUT2D eigenvalue weighted by Crippen LogP contribution is 2.19. The maximum atomic E-state index is 4.45. The van der Waals surface area contributed by atoms with Crippen LogP contribution in [-0.2, 0) is 0 Å². The molecule has 0 aliphatic carbocycles. The standard InChI is InChI=1S/C14H15BrN4/c15-12-3-4-14(17-10-12)19-8-6-18(7-9-19)13-2-1-5-16-11-13/h1-5,10-11H,6-9H2. The van der Waals surface area contributed by atoms with Gasteiger partial charge in [-0.3, -0.25) is 4.98 Å². The molecular weight excluding hydrogens is 304 g/mol. The highest BCUT2D eigenvalue weighted by Gasteiger charge is 2.18. The van der Waals surface area contributed by atoms with Crippen LogP contribution in [-0.4, -0.2) is 36.1 Å². The third kappa shape index (κ3) is 2.87. The molecular formula is C14H15BrN4. The monoisotopic (exact) mass is 318 g/mol. The summed E-state index contributed by atoms with van der Waals surface area (Å²) >= 11 is 3.41. The number of pyridine rings is 2. The molecule has 1 aliphatic rings. The van der Waals surface area contributed by atoms with Crippen molar-refractivity contribution in [1.29, 1.82) is 0 Å². The van der Waals surface area contributed by atoms with Gasteiger partial charge >= 0.3 is 0 Å². The molecule has 0 amide bonds. The Kier molecular flexibility index (Phi) is 3.64. The van der Waals surface area contributed by atoms with E-state index in [2.05, 4.69) is 47.8 Å². The molecule has 0 radical (unpaired) electrons. The van der Waals surface area contributed by atoms with E-state index in [1.54, 1.807) is 0 Å². The van der Waals surface area contributed by atoms with Gasteiger partial charge in [0.2, 0.25) is 0 Å². The van der Waals surface area contributed by atoms with Gasteiger partial charge in [0.1, 0.15) is 5.82 Å². The minimum Gasteiger partial charge on any atom is -0.367 e. The molecule has 2 aromatic rings. The van der Waals surface area contributed by atoms with Crippen molar-refractivity contribution in [3.8, 4) is 0 Å². The molecule has 2 aromatic heterocycles. The predicted octanol–water partition coefficient (Wildman–Crippen LogP) is 2.57. The van der Waals surface area contributed by atoms with Crippen LogP contribution in [0.4, 0.5) is 11.5 Å². The summed E-state index contributed by atoms with van der Waals surface area (Å²) in [6.45, 7) is 3.99. The lowest BCUT2D eigenvalue weighted by atomic mass is 10.2. The molecule has 0 bridgehead atoms. The van der Waals surface area contributed by atoms with Crippen molar-refractivity contribution in [2.75, 3.05) is 36.0 Å². The Morgan fingerprint density at radius 3 is 2.37 bits per heavy atom. The second-order valence-corrected chi connectivity index (χ2v) is 5.44. The molecule has 98 valence electrons. The van der Waals surface area contributed by atoms with Gasteiger partial charge in [-0.25, -0.2) is 4.98 Å². The van der Waals surface area contributed by atoms with Crippen molar-refractivity contribution >= 4 is 27.4 Å². The lowest BCUT2D eigenvalue weighted by Crippen LogP contribution is -2.46. The lowest BCUT2D eigenvalue weighted by molar-refractivity contribution is 0.646. The van der Waals surface area contributed by atoms with Crippen LogP contribution in [0.25, 0.3) is 0 Å². The van der Waals surface area contributed by atoms with Crippen LogP contribution in [0.2, 0.25) is 0 Å². The van der Waals surface area contributed by atoms with E-state index in [-0.39, 0.29) is 0 Å². The minimum absolute atomic E-state index is 0.990. The first-order chi connectivity index (χ1) is 9.33. The topological polar surface area (TPSA) is 32.3 Å². The zero-order valence-corrected chi connectivity index (χ0v) is 12.1. The summed E-state index contributed by atoms with van der Waals surface area (Å²) in [6.07, 6.45) is 5.59. The molecule has 0 saturated carbocycles. The average molecular weight is 319 g/mol. The molecule has 0 atom stereocenters. The fraction of sp³-hybridized carbons (Fsp3) is 0.286. The van der Waals surface area contributed by atoms with E-state index in [0.29, 0.717) is 0 Å². The lowest BCUT2D eigenvalue weighted by Gasteiger charge is -2.36. The van der Waals surface area contributed by atoms with Crippen LogP contribution in [0.1, 0.15) is 0 Å². The highest BCUT2D eigenvalue weighted by atomic mass is 79.9. The summed E-state index contributed by atoms with van der Waals surface area (Å²) in [5.74, 6) is 1.05. The Morgan fingerprint density at radius 2 is 1.74 bits per heavy atom. The van der Waals surface area contributed by atoms with Crippen LogP contribution in [0.15, 0.2) is 47.3 Å². The Balaban J connectivity index is 1.65. The van der Waals surface area contributed by atoms with E-state index in [1.165, 1.54) is 5.69 Å². The third-order valence-electron chi connectivity index (χ3n) is 3.33. The Labute approximate surface area is 121 Å². The second kappa shape index (κ2) is 5.57. The predicted molar refractivity (Wildman–Crippen MR) is 80.6 cm³/mol. The van der Waals surface area contributed by atoms with Crippen LogP contribution >= 0.6 is 15.9 Å². The van der Waals surface area contributed by atoms with Gasteiger partial charge in [0.25, 0.3) is 0 Å². The van der Waals surface area contributed by atoms with E-state index < -0.39 is 0 Å². The van der Waals surface area contributed by atoms with Crippen LogP contribution < -0.4 is 9.80 Å². The summed E-state index contributed by atoms with van der Waals surface area (Å²) in [5.41, 5.74) is 1.20. The van der Waals surface area contributed by atoms with E-state index in [0.717, 1.165) is 36.5 Å². The maximum absolute atomic E-state index is 4.45. The van der Waals surface area contributed by atoms with Crippen molar-refractivity contribution in [1.82, 2.24) is 9.97 Å². The number of piperazine rings is 1. The average Bonchev–Trinajstić information content (AvgIpc) is 2.49. The smallest absolute Gasteiger partial charge is 0.128 e. The Bertz CT molecular complexity index is 521. The fourth-order valence-electron chi connectivity index (χ4n) is 2.29. The molecule has 1 saturated heterocycles. The molecule has 19 heavy (non-hydrogen) atoms. The summed E-state index contributed by atoms with van der Waals surface area (Å²) < 4.78 is 1.02. The van der Waals surface area contributed by atoms with Gasteiger partial charge in [-0.05, 0) is 40.2 Å². The third-order valence-corrected chi connectivity index (χ3v) is 3.80. The SMILES string of the molecule is Brc1ccc(N2CCN(c3cccnc3)CC2)nc1. The summed E-state index contributed by atoms with van der Waals surface area (Å²) in [6, 6.07) is 8.19. The molecule has 3 heterocycles. The molecule has 0 spiro atoms. The van der Waals surface area contributed by atoms with E-state index in [9.17, 15) is 0 Å². The number of rotatable bonds is 2. The molecule has 1 aliphatic heterocycles. The molecule has 0 N–H and O–H groups in total. The normalized spacial score (nSPS) is 15.6. The Hall–Kier alpha value is -1.62. The van der Waals surface area contributed by atoms with Crippen molar-refractivity contribution in [3.05, 3.63) is 47.3 Å². The van der Waals surface area contributed by atoms with Gasteiger partial charge in [0, 0.05) is 43.0 Å². The number of aromatic nitrogens is 2. The minimum atomic E-state index is 0.990. The van der Waals surface area contributed by atoms with Crippen molar-refractivity contribution in [3.63, 3.8) is 0 Å². The number of halogens is 1. The molecule has 4 nitrogen and oxygen atoms in total. The molecule has 0 unspecified atom stereocenters. The fourth-order valence-corrected chi connectivity index (χ4v) is 2.52. The van der Waals surface area contributed by atoms with Gasteiger partial charge in [0.15, 0.2) is 0 Å². The summed E-state index contributed by atoms with van der Waals surface area (Å²) in [5, 5.41) is 0. The van der Waals surface area contributed by atoms with E-state index in [1.807, 2.05) is 30.7 Å². The first-order valence-electron chi connectivity index (χ1n) is 6.34. The van der Waals surface area contributed by atoms with Gasteiger partial charge in [-0.2, -0.15) is 0 Å². The van der Waals surface area contributed by atoms with Gasteiger partial charge in [-0.15, -0.1) is 0 Å². The summed E-state index contributed by atoms with van der Waals surface area (Å²) in [4.78, 5) is 13.3. The number of hydrogen-bond donors (Lipinski definition) is 0. The first-order valence-corrected chi connectivity index (χ1v) is 7.14. The largest absolute Gasteiger partial charge is 0.367 e. The van der Waals surface area contributed by atoms with E-state index in [4.69, 9.17) is 0 Å². The summed E-state index contributed by atoms with van der Waals surface area (Å²) in [7, 11) is 0. The number of nitrogens with zero attached hydrogens (tertiary/aromatic N) is 4.